The van der Waals surface area contributed by atoms with Crippen LogP contribution >= 0.6 is 0 Å². The van der Waals surface area contributed by atoms with Gasteiger partial charge in [-0.05, 0) is 30.7 Å². The molecule has 1 heterocycles. The van der Waals surface area contributed by atoms with Crippen molar-refractivity contribution in [1.29, 1.82) is 0 Å². The third-order valence-corrected chi connectivity index (χ3v) is 3.86. The lowest BCUT2D eigenvalue weighted by Gasteiger charge is -2.21. The zero-order valence-corrected chi connectivity index (χ0v) is 10.2. The molecule has 16 heavy (non-hydrogen) atoms. The predicted molar refractivity (Wildman–Crippen MR) is 64.4 cm³/mol. The van der Waals surface area contributed by atoms with E-state index in [0.29, 0.717) is 5.92 Å². The summed E-state index contributed by atoms with van der Waals surface area (Å²) < 4.78 is 1.84. The van der Waals surface area contributed by atoms with Crippen molar-refractivity contribution in [2.75, 3.05) is 0 Å². The van der Waals surface area contributed by atoms with E-state index in [2.05, 4.69) is 23.5 Å². The maximum Gasteiger partial charge on any atom is 0.0810 e. The summed E-state index contributed by atoms with van der Waals surface area (Å²) in [4.78, 5) is 0. The number of rotatable bonds is 4. The van der Waals surface area contributed by atoms with Gasteiger partial charge in [0.05, 0.1) is 11.7 Å². The largest absolute Gasteiger partial charge is 0.275 e. The van der Waals surface area contributed by atoms with Crippen LogP contribution in [0, 0.1) is 11.8 Å². The van der Waals surface area contributed by atoms with Gasteiger partial charge >= 0.3 is 0 Å². The molecule has 1 aromatic rings. The summed E-state index contributed by atoms with van der Waals surface area (Å²) in [5.41, 5.74) is 4.02. The second-order valence-corrected chi connectivity index (χ2v) is 4.91. The molecule has 3 unspecified atom stereocenters. The van der Waals surface area contributed by atoms with Crippen LogP contribution in [-0.2, 0) is 7.05 Å². The third-order valence-electron chi connectivity index (χ3n) is 3.86. The van der Waals surface area contributed by atoms with Crippen LogP contribution in [0.1, 0.15) is 44.3 Å². The summed E-state index contributed by atoms with van der Waals surface area (Å²) in [5.74, 6) is 7.20. The number of nitrogens with zero attached hydrogens (tertiary/aromatic N) is 2. The Morgan fingerprint density at radius 2 is 2.44 bits per heavy atom. The molecule has 0 spiro atoms. The van der Waals surface area contributed by atoms with Crippen molar-refractivity contribution >= 4 is 0 Å². The monoisotopic (exact) mass is 222 g/mol. The minimum Gasteiger partial charge on any atom is -0.275 e. The van der Waals surface area contributed by atoms with E-state index >= 15 is 0 Å². The van der Waals surface area contributed by atoms with Gasteiger partial charge in [0.2, 0.25) is 0 Å². The fraction of sp³-hybridized carbons (Fsp3) is 0.750. The molecule has 0 aromatic carbocycles. The highest BCUT2D eigenvalue weighted by Gasteiger charge is 2.31. The molecule has 0 aliphatic heterocycles. The number of hydrogen-bond donors (Lipinski definition) is 2. The smallest absolute Gasteiger partial charge is 0.0810 e. The summed E-state index contributed by atoms with van der Waals surface area (Å²) in [6.07, 6.45) is 7.15. The van der Waals surface area contributed by atoms with Crippen molar-refractivity contribution in [3.05, 3.63) is 18.0 Å². The Labute approximate surface area is 97.2 Å². The lowest BCUT2D eigenvalue weighted by molar-refractivity contribution is 0.350. The van der Waals surface area contributed by atoms with Crippen LogP contribution in [-0.4, -0.2) is 9.78 Å². The highest BCUT2D eigenvalue weighted by atomic mass is 15.3. The van der Waals surface area contributed by atoms with E-state index in [1.54, 1.807) is 0 Å². The normalized spacial score (nSPS) is 27.2. The van der Waals surface area contributed by atoms with Crippen molar-refractivity contribution in [2.24, 2.45) is 24.7 Å². The molecule has 0 radical (unpaired) electrons. The van der Waals surface area contributed by atoms with Crippen molar-refractivity contribution in [3.63, 3.8) is 0 Å². The first-order valence-electron chi connectivity index (χ1n) is 6.20. The van der Waals surface area contributed by atoms with Gasteiger partial charge in [0, 0.05) is 13.2 Å². The van der Waals surface area contributed by atoms with Gasteiger partial charge in [0.25, 0.3) is 0 Å². The van der Waals surface area contributed by atoms with Gasteiger partial charge in [-0.2, -0.15) is 5.10 Å². The third kappa shape index (κ3) is 2.28. The standard InChI is InChI=1S/C12H22N4/c1-3-9-4-5-10(8-9)12(14-13)11-6-7-16(2)15-11/h6-7,9-10,12,14H,3-5,8,13H2,1-2H3. The van der Waals surface area contributed by atoms with Crippen molar-refractivity contribution in [3.8, 4) is 0 Å². The quantitative estimate of drug-likeness (QED) is 0.603. The number of aryl methyl sites for hydroxylation is 1. The van der Waals surface area contributed by atoms with E-state index in [1.165, 1.54) is 25.7 Å². The molecule has 1 saturated carbocycles. The van der Waals surface area contributed by atoms with Gasteiger partial charge in [-0.3, -0.25) is 16.0 Å². The van der Waals surface area contributed by atoms with Gasteiger partial charge in [-0.1, -0.05) is 19.8 Å². The molecule has 0 saturated heterocycles. The van der Waals surface area contributed by atoms with E-state index < -0.39 is 0 Å². The van der Waals surface area contributed by atoms with Gasteiger partial charge in [-0.25, -0.2) is 0 Å². The fourth-order valence-electron chi connectivity index (χ4n) is 2.85. The zero-order chi connectivity index (χ0) is 11.5. The summed E-state index contributed by atoms with van der Waals surface area (Å²) in [6, 6.07) is 2.28. The van der Waals surface area contributed by atoms with Crippen molar-refractivity contribution in [1.82, 2.24) is 15.2 Å². The maximum atomic E-state index is 5.68. The Hall–Kier alpha value is -0.870. The summed E-state index contributed by atoms with van der Waals surface area (Å²) >= 11 is 0. The Morgan fingerprint density at radius 3 is 2.94 bits per heavy atom. The van der Waals surface area contributed by atoms with Crippen LogP contribution in [0.25, 0.3) is 0 Å². The highest BCUT2D eigenvalue weighted by Crippen LogP contribution is 2.39. The van der Waals surface area contributed by atoms with E-state index in [0.717, 1.165) is 11.6 Å². The molecular weight excluding hydrogens is 200 g/mol. The van der Waals surface area contributed by atoms with Gasteiger partial charge in [0.1, 0.15) is 0 Å². The topological polar surface area (TPSA) is 55.9 Å². The lowest BCUT2D eigenvalue weighted by atomic mass is 9.94. The molecule has 1 fully saturated rings. The Kier molecular flexibility index (Phi) is 3.61. The molecule has 1 aromatic heterocycles. The fourth-order valence-corrected chi connectivity index (χ4v) is 2.85. The highest BCUT2D eigenvalue weighted by molar-refractivity contribution is 5.07. The SMILES string of the molecule is CCC1CCC(C(NN)c2ccn(C)n2)C1. The molecule has 4 nitrogen and oxygen atoms in total. The minimum absolute atomic E-state index is 0.220. The average molecular weight is 222 g/mol. The Balaban J connectivity index is 2.06. The van der Waals surface area contributed by atoms with Crippen LogP contribution in [0.4, 0.5) is 0 Å². The summed E-state index contributed by atoms with van der Waals surface area (Å²) in [7, 11) is 1.95. The maximum absolute atomic E-state index is 5.68. The number of hydrogen-bond acceptors (Lipinski definition) is 3. The van der Waals surface area contributed by atoms with Gasteiger partial charge < -0.3 is 0 Å². The molecular formula is C12H22N4. The first-order chi connectivity index (χ1) is 7.74. The number of aromatic nitrogens is 2. The first-order valence-corrected chi connectivity index (χ1v) is 6.20. The molecule has 1 aliphatic rings. The second-order valence-electron chi connectivity index (χ2n) is 4.91. The van der Waals surface area contributed by atoms with E-state index in [1.807, 2.05) is 17.9 Å². The predicted octanol–water partition coefficient (Wildman–Crippen LogP) is 1.75. The molecule has 2 rings (SSSR count). The Morgan fingerprint density at radius 1 is 1.62 bits per heavy atom. The van der Waals surface area contributed by atoms with Crippen molar-refractivity contribution < 1.29 is 0 Å². The second kappa shape index (κ2) is 4.97. The molecule has 90 valence electrons. The molecule has 3 atom stereocenters. The summed E-state index contributed by atoms with van der Waals surface area (Å²) in [6.45, 7) is 2.28. The van der Waals surface area contributed by atoms with Crippen LogP contribution in [0.2, 0.25) is 0 Å². The van der Waals surface area contributed by atoms with Crippen molar-refractivity contribution in [2.45, 2.75) is 38.6 Å². The number of hydrazine groups is 1. The summed E-state index contributed by atoms with van der Waals surface area (Å²) in [5, 5.41) is 4.45. The molecule has 0 bridgehead atoms. The van der Waals surface area contributed by atoms with Gasteiger partial charge in [-0.15, -0.1) is 0 Å². The zero-order valence-electron chi connectivity index (χ0n) is 10.2. The van der Waals surface area contributed by atoms with Gasteiger partial charge in [0.15, 0.2) is 0 Å². The van der Waals surface area contributed by atoms with Crippen LogP contribution in [0.5, 0.6) is 0 Å². The number of nitrogens with two attached hydrogens (primary N) is 1. The Bertz CT molecular complexity index is 334. The first kappa shape index (κ1) is 11.6. The molecule has 0 amide bonds. The lowest BCUT2D eigenvalue weighted by Crippen LogP contribution is -2.33. The molecule has 4 heteroatoms. The van der Waals surface area contributed by atoms with E-state index in [-0.39, 0.29) is 6.04 Å². The molecule has 1 aliphatic carbocycles. The van der Waals surface area contributed by atoms with Crippen LogP contribution in [0.3, 0.4) is 0 Å². The van der Waals surface area contributed by atoms with Crippen LogP contribution < -0.4 is 11.3 Å². The van der Waals surface area contributed by atoms with E-state index in [9.17, 15) is 0 Å². The van der Waals surface area contributed by atoms with Crippen LogP contribution in [0.15, 0.2) is 12.3 Å². The minimum atomic E-state index is 0.220. The average Bonchev–Trinajstić information content (AvgIpc) is 2.89. The van der Waals surface area contributed by atoms with E-state index in [4.69, 9.17) is 5.84 Å². The number of nitrogens with one attached hydrogen (secondary N) is 1. The molecule has 3 N–H and O–H groups in total.